The molecule has 0 saturated carbocycles. The van der Waals surface area contributed by atoms with Crippen molar-refractivity contribution < 1.29 is 28.8 Å². The number of ketones is 1. The number of hydrogen-bond donors (Lipinski definition) is 1. The number of carbonyl (C=O) groups is 1. The number of likely N-dealkylation sites (N-methyl/N-ethyl adjacent to an activating group) is 1. The van der Waals surface area contributed by atoms with Crippen LogP contribution in [0.15, 0.2) is 42.5 Å². The van der Waals surface area contributed by atoms with Crippen LogP contribution < -0.4 is 18.9 Å². The number of para-hydroxylation sites is 2. The first-order chi connectivity index (χ1) is 14.0. The lowest BCUT2D eigenvalue weighted by Crippen LogP contribution is -2.42. The zero-order valence-corrected chi connectivity index (χ0v) is 17.0. The van der Waals surface area contributed by atoms with Gasteiger partial charge in [-0.15, -0.1) is 0 Å². The van der Waals surface area contributed by atoms with E-state index in [0.29, 0.717) is 36.8 Å². The molecule has 1 aliphatic rings. The van der Waals surface area contributed by atoms with Gasteiger partial charge in [-0.05, 0) is 44.3 Å². The molecule has 0 amide bonds. The van der Waals surface area contributed by atoms with Crippen molar-refractivity contribution in [2.24, 2.45) is 0 Å². The molecule has 2 atom stereocenters. The van der Waals surface area contributed by atoms with Crippen LogP contribution in [0.3, 0.4) is 0 Å². The summed E-state index contributed by atoms with van der Waals surface area (Å²) in [5, 5.41) is 10.3. The van der Waals surface area contributed by atoms with Gasteiger partial charge in [0, 0.05) is 18.7 Å². The van der Waals surface area contributed by atoms with Crippen LogP contribution in [0.1, 0.15) is 17.3 Å². The van der Waals surface area contributed by atoms with E-state index in [4.69, 9.17) is 18.9 Å². The van der Waals surface area contributed by atoms with Gasteiger partial charge < -0.3 is 24.1 Å². The van der Waals surface area contributed by atoms with E-state index in [2.05, 4.69) is 0 Å². The normalized spacial score (nSPS) is 16.4. The topological polar surface area (TPSA) is 77.5 Å². The van der Waals surface area contributed by atoms with Crippen LogP contribution in [-0.2, 0) is 0 Å². The summed E-state index contributed by atoms with van der Waals surface area (Å²) >= 11 is 0. The van der Waals surface area contributed by atoms with Crippen LogP contribution in [0.2, 0.25) is 0 Å². The Balaban J connectivity index is 1.47. The number of methoxy groups -OCH3 is 1. The highest BCUT2D eigenvalue weighted by Gasteiger charge is 2.23. The Bertz CT molecular complexity index is 840. The van der Waals surface area contributed by atoms with E-state index in [1.54, 1.807) is 18.2 Å². The summed E-state index contributed by atoms with van der Waals surface area (Å²) < 4.78 is 22.6. The highest BCUT2D eigenvalue weighted by Crippen LogP contribution is 2.31. The molecule has 0 bridgehead atoms. The van der Waals surface area contributed by atoms with E-state index < -0.39 is 6.10 Å². The number of carbonyl (C=O) groups excluding carboxylic acids is 1. The third-order valence-corrected chi connectivity index (χ3v) is 4.61. The van der Waals surface area contributed by atoms with Gasteiger partial charge in [0.2, 0.25) is 0 Å². The fourth-order valence-corrected chi connectivity index (χ4v) is 3.18. The van der Waals surface area contributed by atoms with Gasteiger partial charge in [0.15, 0.2) is 28.8 Å². The maximum atomic E-state index is 11.5. The zero-order valence-electron chi connectivity index (χ0n) is 17.0. The number of hydrogen-bond acceptors (Lipinski definition) is 7. The largest absolute Gasteiger partial charge is 0.493 e. The van der Waals surface area contributed by atoms with Crippen LogP contribution in [0.25, 0.3) is 0 Å². The number of Topliss-reactive ketones (excluding diaryl/α,β-unsaturated/α-hetero) is 1. The fraction of sp³-hybridized carbons (Fsp3) is 0.409. The summed E-state index contributed by atoms with van der Waals surface area (Å²) in [7, 11) is 3.43. The van der Waals surface area contributed by atoms with Gasteiger partial charge >= 0.3 is 0 Å². The maximum absolute atomic E-state index is 11.5. The first-order valence-electron chi connectivity index (χ1n) is 9.53. The van der Waals surface area contributed by atoms with Crippen molar-refractivity contribution in [3.63, 3.8) is 0 Å². The first-order valence-corrected chi connectivity index (χ1v) is 9.53. The highest BCUT2D eigenvalue weighted by molar-refractivity contribution is 5.94. The van der Waals surface area contributed by atoms with Crippen molar-refractivity contribution in [1.82, 2.24) is 4.90 Å². The van der Waals surface area contributed by atoms with Crippen molar-refractivity contribution in [3.8, 4) is 23.0 Å². The molecule has 0 unspecified atom stereocenters. The summed E-state index contributed by atoms with van der Waals surface area (Å²) in [6.07, 6.45) is -0.809. The Morgan fingerprint density at radius 2 is 2.00 bits per heavy atom. The average molecular weight is 401 g/mol. The highest BCUT2D eigenvalue weighted by atomic mass is 16.6. The molecule has 0 fully saturated rings. The third-order valence-electron chi connectivity index (χ3n) is 4.61. The minimum Gasteiger partial charge on any atom is -0.493 e. The van der Waals surface area contributed by atoms with E-state index in [0.717, 1.165) is 11.5 Å². The Kier molecular flexibility index (Phi) is 6.95. The number of aliphatic hydroxyl groups is 1. The molecule has 0 radical (unpaired) electrons. The second-order valence-corrected chi connectivity index (χ2v) is 7.11. The first kappa shape index (κ1) is 21.0. The van der Waals surface area contributed by atoms with Crippen molar-refractivity contribution in [2.75, 3.05) is 40.5 Å². The molecule has 3 rings (SSSR count). The van der Waals surface area contributed by atoms with E-state index in [-0.39, 0.29) is 18.5 Å². The molecule has 0 aliphatic carbocycles. The monoisotopic (exact) mass is 401 g/mol. The molecule has 0 aromatic heterocycles. The summed E-state index contributed by atoms with van der Waals surface area (Å²) in [5.74, 6) is 2.39. The third kappa shape index (κ3) is 5.62. The molecular weight excluding hydrogens is 374 g/mol. The predicted octanol–water partition coefficient (Wildman–Crippen LogP) is 2.41. The van der Waals surface area contributed by atoms with Gasteiger partial charge in [-0.3, -0.25) is 9.69 Å². The van der Waals surface area contributed by atoms with Crippen LogP contribution in [0.4, 0.5) is 0 Å². The number of rotatable bonds is 9. The fourth-order valence-electron chi connectivity index (χ4n) is 3.18. The van der Waals surface area contributed by atoms with Crippen molar-refractivity contribution in [2.45, 2.75) is 19.1 Å². The molecule has 7 nitrogen and oxygen atoms in total. The zero-order chi connectivity index (χ0) is 20.8. The van der Waals surface area contributed by atoms with Crippen molar-refractivity contribution in [3.05, 3.63) is 48.0 Å². The lowest BCUT2D eigenvalue weighted by molar-refractivity contribution is 0.0370. The van der Waals surface area contributed by atoms with Crippen molar-refractivity contribution in [1.29, 1.82) is 0 Å². The predicted molar refractivity (Wildman–Crippen MR) is 108 cm³/mol. The molecular formula is C22H27NO6. The van der Waals surface area contributed by atoms with Crippen molar-refractivity contribution >= 4 is 5.78 Å². The molecule has 0 saturated heterocycles. The Morgan fingerprint density at radius 1 is 1.24 bits per heavy atom. The Labute approximate surface area is 170 Å². The number of benzene rings is 2. The van der Waals surface area contributed by atoms with Gasteiger partial charge in [-0.25, -0.2) is 0 Å². The van der Waals surface area contributed by atoms with Gasteiger partial charge in [0.25, 0.3) is 0 Å². The second-order valence-electron chi connectivity index (χ2n) is 7.11. The lowest BCUT2D eigenvalue weighted by atomic mass is 10.1. The molecule has 2 aromatic carbocycles. The summed E-state index contributed by atoms with van der Waals surface area (Å²) in [4.78, 5) is 13.5. The van der Waals surface area contributed by atoms with E-state index in [1.165, 1.54) is 14.0 Å². The molecule has 29 heavy (non-hydrogen) atoms. The Morgan fingerprint density at radius 3 is 2.72 bits per heavy atom. The number of fused-ring (bicyclic) bond motifs is 1. The molecule has 7 heteroatoms. The number of aliphatic hydroxyl groups excluding tert-OH is 1. The maximum Gasteiger partial charge on any atom is 0.161 e. The van der Waals surface area contributed by atoms with Crippen LogP contribution in [0, 0.1) is 0 Å². The van der Waals surface area contributed by atoms with E-state index in [1.807, 2.05) is 36.2 Å². The van der Waals surface area contributed by atoms with Gasteiger partial charge in [0.05, 0.1) is 7.11 Å². The molecule has 1 N–H and O–H groups in total. The quantitative estimate of drug-likeness (QED) is 0.647. The van der Waals surface area contributed by atoms with Crippen LogP contribution in [0.5, 0.6) is 23.0 Å². The van der Waals surface area contributed by atoms with Crippen LogP contribution in [-0.4, -0.2) is 68.5 Å². The summed E-state index contributed by atoms with van der Waals surface area (Å²) in [6, 6.07) is 12.6. The minimum absolute atomic E-state index is 0.0481. The molecule has 2 aromatic rings. The molecule has 1 heterocycles. The second kappa shape index (κ2) is 9.62. The number of ether oxygens (including phenoxy) is 4. The average Bonchev–Trinajstić information content (AvgIpc) is 2.71. The van der Waals surface area contributed by atoms with Gasteiger partial charge in [-0.2, -0.15) is 0 Å². The molecule has 156 valence electrons. The molecule has 1 aliphatic heterocycles. The smallest absolute Gasteiger partial charge is 0.161 e. The molecule has 0 spiro atoms. The summed E-state index contributed by atoms with van der Waals surface area (Å²) in [5.41, 5.74) is 0.547. The lowest BCUT2D eigenvalue weighted by Gasteiger charge is -2.30. The number of nitrogens with zero attached hydrogens (tertiary/aromatic N) is 1. The van der Waals surface area contributed by atoms with E-state index in [9.17, 15) is 9.90 Å². The SMILES string of the molecule is COc1cc(C(C)=O)ccc1OC[C@@H](O)CN(C)C[C@H]1COc2ccccc2O1. The minimum atomic E-state index is -0.700. The Hall–Kier alpha value is -2.77. The van der Waals surface area contributed by atoms with E-state index >= 15 is 0 Å². The standard InChI is InChI=1S/C22H27NO6/c1-15(24)16-8-9-20(22(10-16)26-3)27-13-17(25)11-23(2)12-18-14-28-19-6-4-5-7-21(19)29-18/h4-10,17-18,25H,11-14H2,1-3H3/t17-,18-/m0/s1. The van der Waals surface area contributed by atoms with Gasteiger partial charge in [0.1, 0.15) is 25.4 Å². The summed E-state index contributed by atoms with van der Waals surface area (Å²) in [6.45, 7) is 3.09. The van der Waals surface area contributed by atoms with Crippen LogP contribution >= 0.6 is 0 Å². The van der Waals surface area contributed by atoms with Gasteiger partial charge in [-0.1, -0.05) is 12.1 Å².